The molecule has 0 spiro atoms. The molecular weight excluding hydrogens is 176 g/mol. The van der Waals surface area contributed by atoms with Gasteiger partial charge in [0.2, 0.25) is 0 Å². The highest BCUT2D eigenvalue weighted by molar-refractivity contribution is 5.00. The van der Waals surface area contributed by atoms with Crippen molar-refractivity contribution in [2.75, 3.05) is 13.1 Å². The summed E-state index contributed by atoms with van der Waals surface area (Å²) in [7, 11) is 1.95. The second-order valence-corrected chi connectivity index (χ2v) is 3.21. The predicted molar refractivity (Wildman–Crippen MR) is 54.6 cm³/mol. The minimum absolute atomic E-state index is 0.638. The maximum absolute atomic E-state index is 8.32. The van der Waals surface area contributed by atoms with E-state index in [4.69, 9.17) is 5.26 Å². The van der Waals surface area contributed by atoms with Crippen LogP contribution in [0.4, 0.5) is 0 Å². The largest absolute Gasteiger partial charge is 0.316 e. The van der Waals surface area contributed by atoms with Gasteiger partial charge in [0.15, 0.2) is 0 Å². The van der Waals surface area contributed by atoms with Crippen LogP contribution in [0, 0.1) is 11.3 Å². The highest BCUT2D eigenvalue weighted by Gasteiger charge is 1.96. The van der Waals surface area contributed by atoms with Gasteiger partial charge in [-0.15, -0.1) is 0 Å². The summed E-state index contributed by atoms with van der Waals surface area (Å²) in [5.74, 6) is 0. The van der Waals surface area contributed by atoms with Gasteiger partial charge in [-0.1, -0.05) is 0 Å². The lowest BCUT2D eigenvalue weighted by Gasteiger charge is -2.03. The van der Waals surface area contributed by atoms with Crippen LogP contribution in [0.3, 0.4) is 0 Å². The molecule has 0 aliphatic heterocycles. The van der Waals surface area contributed by atoms with E-state index in [1.54, 1.807) is 0 Å². The molecule has 4 nitrogen and oxygen atoms in total. The van der Waals surface area contributed by atoms with Crippen LogP contribution in [-0.4, -0.2) is 22.9 Å². The van der Waals surface area contributed by atoms with Crippen LogP contribution >= 0.6 is 0 Å². The monoisotopic (exact) mass is 192 g/mol. The molecule has 0 bridgehead atoms. The van der Waals surface area contributed by atoms with E-state index in [2.05, 4.69) is 16.5 Å². The Hall–Kier alpha value is -1.34. The molecule has 0 saturated carbocycles. The molecular formula is C10H16N4. The van der Waals surface area contributed by atoms with Crippen LogP contribution in [0.1, 0.15) is 18.5 Å². The van der Waals surface area contributed by atoms with Crippen molar-refractivity contribution in [2.24, 2.45) is 7.05 Å². The highest BCUT2D eigenvalue weighted by Crippen LogP contribution is 1.95. The van der Waals surface area contributed by atoms with E-state index in [1.165, 1.54) is 5.69 Å². The van der Waals surface area contributed by atoms with Crippen LogP contribution in [0.5, 0.6) is 0 Å². The fraction of sp³-hybridized carbons (Fsp3) is 0.600. The molecule has 1 rings (SSSR count). The molecule has 0 atom stereocenters. The fourth-order valence-corrected chi connectivity index (χ4v) is 1.28. The Morgan fingerprint density at radius 2 is 2.43 bits per heavy atom. The van der Waals surface area contributed by atoms with Gasteiger partial charge in [0.25, 0.3) is 0 Å². The molecule has 76 valence electrons. The first-order chi connectivity index (χ1) is 6.84. The summed E-state index contributed by atoms with van der Waals surface area (Å²) in [5, 5.41) is 15.7. The van der Waals surface area contributed by atoms with Gasteiger partial charge in [0, 0.05) is 38.3 Å². The molecule has 0 unspecified atom stereocenters. The van der Waals surface area contributed by atoms with E-state index >= 15 is 0 Å². The first-order valence-electron chi connectivity index (χ1n) is 4.89. The van der Waals surface area contributed by atoms with Gasteiger partial charge in [-0.25, -0.2) is 0 Å². The lowest BCUT2D eigenvalue weighted by Crippen LogP contribution is -2.19. The van der Waals surface area contributed by atoms with Crippen LogP contribution in [-0.2, 0) is 13.5 Å². The first-order valence-corrected chi connectivity index (χ1v) is 4.89. The third-order valence-electron chi connectivity index (χ3n) is 2.12. The Kier molecular flexibility index (Phi) is 4.73. The molecule has 14 heavy (non-hydrogen) atoms. The van der Waals surface area contributed by atoms with Crippen LogP contribution < -0.4 is 5.32 Å². The number of hydrogen-bond donors (Lipinski definition) is 1. The van der Waals surface area contributed by atoms with Gasteiger partial charge in [0.05, 0.1) is 6.07 Å². The molecule has 1 N–H and O–H groups in total. The third kappa shape index (κ3) is 3.58. The molecule has 4 heteroatoms. The van der Waals surface area contributed by atoms with Crippen molar-refractivity contribution >= 4 is 0 Å². The highest BCUT2D eigenvalue weighted by atomic mass is 15.3. The van der Waals surface area contributed by atoms with E-state index in [9.17, 15) is 0 Å². The van der Waals surface area contributed by atoms with E-state index in [0.717, 1.165) is 25.9 Å². The zero-order valence-corrected chi connectivity index (χ0v) is 8.53. The summed E-state index contributed by atoms with van der Waals surface area (Å²) in [6.07, 6.45) is 4.37. The SMILES string of the molecule is Cn1nccc1CCNCCCC#N. The van der Waals surface area contributed by atoms with Crippen molar-refractivity contribution in [3.05, 3.63) is 18.0 Å². The van der Waals surface area contributed by atoms with Crippen LogP contribution in [0.15, 0.2) is 12.3 Å². The van der Waals surface area contributed by atoms with Gasteiger partial charge >= 0.3 is 0 Å². The topological polar surface area (TPSA) is 53.6 Å². The first kappa shape index (κ1) is 10.7. The normalized spacial score (nSPS) is 10.0. The minimum Gasteiger partial charge on any atom is -0.316 e. The van der Waals surface area contributed by atoms with E-state index in [0.29, 0.717) is 6.42 Å². The standard InChI is InChI=1S/C10H16N4/c1-14-10(5-9-13-14)4-8-12-7-3-2-6-11/h5,9,12H,2-4,7-8H2,1H3. The fourth-order valence-electron chi connectivity index (χ4n) is 1.28. The van der Waals surface area contributed by atoms with E-state index in [1.807, 2.05) is 24.0 Å². The van der Waals surface area contributed by atoms with Crippen molar-refractivity contribution in [2.45, 2.75) is 19.3 Å². The molecule has 1 aromatic heterocycles. The van der Waals surface area contributed by atoms with Crippen molar-refractivity contribution in [1.29, 1.82) is 5.26 Å². The number of nitrogens with one attached hydrogen (secondary N) is 1. The van der Waals surface area contributed by atoms with Gasteiger partial charge in [-0.2, -0.15) is 10.4 Å². The maximum atomic E-state index is 8.32. The lowest BCUT2D eigenvalue weighted by molar-refractivity contribution is 0.627. The quantitative estimate of drug-likeness (QED) is 0.680. The number of nitriles is 1. The van der Waals surface area contributed by atoms with Crippen LogP contribution in [0.25, 0.3) is 0 Å². The predicted octanol–water partition coefficient (Wildman–Crippen LogP) is 0.856. The summed E-state index contributed by atoms with van der Waals surface area (Å²) in [6, 6.07) is 4.15. The second kappa shape index (κ2) is 6.17. The summed E-state index contributed by atoms with van der Waals surface area (Å²) in [6.45, 7) is 1.87. The molecule has 1 aromatic rings. The zero-order valence-electron chi connectivity index (χ0n) is 8.53. The molecule has 0 amide bonds. The third-order valence-corrected chi connectivity index (χ3v) is 2.12. The van der Waals surface area contributed by atoms with E-state index < -0.39 is 0 Å². The Morgan fingerprint density at radius 3 is 3.07 bits per heavy atom. The number of nitrogens with zero attached hydrogens (tertiary/aromatic N) is 3. The van der Waals surface area contributed by atoms with Crippen molar-refractivity contribution in [3.8, 4) is 6.07 Å². The van der Waals surface area contributed by atoms with Crippen LogP contribution in [0.2, 0.25) is 0 Å². The van der Waals surface area contributed by atoms with Gasteiger partial charge in [-0.05, 0) is 19.0 Å². The summed E-state index contributed by atoms with van der Waals surface area (Å²) in [5.41, 5.74) is 1.23. The minimum atomic E-state index is 0.638. The van der Waals surface area contributed by atoms with Crippen molar-refractivity contribution in [1.82, 2.24) is 15.1 Å². The molecule has 0 fully saturated rings. The number of unbranched alkanes of at least 4 members (excludes halogenated alkanes) is 1. The number of aryl methyl sites for hydroxylation is 1. The summed E-state index contributed by atoms with van der Waals surface area (Å²) >= 11 is 0. The maximum Gasteiger partial charge on any atom is 0.0622 e. The van der Waals surface area contributed by atoms with Gasteiger partial charge in [0.1, 0.15) is 0 Å². The molecule has 0 aliphatic carbocycles. The number of aromatic nitrogens is 2. The van der Waals surface area contributed by atoms with Gasteiger partial charge < -0.3 is 5.32 Å². The summed E-state index contributed by atoms with van der Waals surface area (Å²) < 4.78 is 1.89. The molecule has 1 heterocycles. The molecule has 0 saturated heterocycles. The lowest BCUT2D eigenvalue weighted by atomic mass is 10.3. The average Bonchev–Trinajstić information content (AvgIpc) is 2.58. The Bertz CT molecular complexity index is 297. The van der Waals surface area contributed by atoms with Crippen molar-refractivity contribution < 1.29 is 0 Å². The molecule has 0 aromatic carbocycles. The Labute approximate surface area is 84.5 Å². The smallest absolute Gasteiger partial charge is 0.0622 e. The molecule has 0 aliphatic rings. The zero-order chi connectivity index (χ0) is 10.2. The Balaban J connectivity index is 2.05. The Morgan fingerprint density at radius 1 is 1.57 bits per heavy atom. The average molecular weight is 192 g/mol. The molecule has 0 radical (unpaired) electrons. The van der Waals surface area contributed by atoms with Crippen molar-refractivity contribution in [3.63, 3.8) is 0 Å². The number of rotatable bonds is 6. The van der Waals surface area contributed by atoms with Gasteiger partial charge in [-0.3, -0.25) is 4.68 Å². The number of hydrogen-bond acceptors (Lipinski definition) is 3. The second-order valence-electron chi connectivity index (χ2n) is 3.21. The van der Waals surface area contributed by atoms with E-state index in [-0.39, 0.29) is 0 Å². The summed E-state index contributed by atoms with van der Waals surface area (Å²) in [4.78, 5) is 0.